The molecule has 1 N–H and O–H groups in total. The van der Waals surface area contributed by atoms with Crippen LogP contribution < -0.4 is 4.72 Å². The van der Waals surface area contributed by atoms with Crippen LogP contribution in [0.2, 0.25) is 0 Å². The normalized spacial score (nSPS) is 21.5. The van der Waals surface area contributed by atoms with Crippen LogP contribution in [0.25, 0.3) is 0 Å². The average Bonchev–Trinajstić information content (AvgIpc) is 2.38. The van der Waals surface area contributed by atoms with Crippen molar-refractivity contribution in [2.24, 2.45) is 0 Å². The van der Waals surface area contributed by atoms with Gasteiger partial charge in [-0.25, -0.2) is 22.5 Å². The van der Waals surface area contributed by atoms with Crippen molar-refractivity contribution >= 4 is 10.0 Å². The molecule has 0 aliphatic carbocycles. The average molecular weight is 287 g/mol. The third-order valence-electron chi connectivity index (χ3n) is 3.41. The number of rotatable bonds is 4. The minimum atomic E-state index is -3.88. The minimum Gasteiger partial charge on any atom is -0.302 e. The Kier molecular flexibility index (Phi) is 4.49. The molecule has 5 nitrogen and oxygen atoms in total. The first-order valence-electron chi connectivity index (χ1n) is 6.31. The summed E-state index contributed by atoms with van der Waals surface area (Å²) in [5.74, 6) is -0.827. The van der Waals surface area contributed by atoms with Gasteiger partial charge in [-0.15, -0.1) is 0 Å². The summed E-state index contributed by atoms with van der Waals surface area (Å²) in [6.45, 7) is 1.25. The number of halogens is 1. The molecule has 1 atom stereocenters. The predicted octanol–water partition coefficient (Wildman–Crippen LogP) is 0.983. The lowest BCUT2D eigenvalue weighted by atomic mass is 10.0. The van der Waals surface area contributed by atoms with Crippen molar-refractivity contribution in [1.82, 2.24) is 14.6 Å². The van der Waals surface area contributed by atoms with Crippen LogP contribution in [0.15, 0.2) is 23.4 Å². The first-order chi connectivity index (χ1) is 9.00. The van der Waals surface area contributed by atoms with Gasteiger partial charge in [0.05, 0.1) is 0 Å². The van der Waals surface area contributed by atoms with Gasteiger partial charge < -0.3 is 4.90 Å². The first-order valence-corrected chi connectivity index (χ1v) is 7.79. The lowest BCUT2D eigenvalue weighted by molar-refractivity contribution is 0.187. The molecule has 0 spiro atoms. The molecule has 0 aromatic carbocycles. The van der Waals surface area contributed by atoms with Gasteiger partial charge in [0.2, 0.25) is 5.03 Å². The monoisotopic (exact) mass is 287 g/mol. The van der Waals surface area contributed by atoms with Gasteiger partial charge in [-0.05, 0) is 38.6 Å². The van der Waals surface area contributed by atoms with Crippen molar-refractivity contribution in [1.29, 1.82) is 0 Å². The number of nitrogens with one attached hydrogen (secondary N) is 1. The van der Waals surface area contributed by atoms with E-state index in [0.717, 1.165) is 31.9 Å². The van der Waals surface area contributed by atoms with E-state index in [1.807, 2.05) is 7.05 Å². The van der Waals surface area contributed by atoms with Gasteiger partial charge in [0.1, 0.15) is 0 Å². The fourth-order valence-electron chi connectivity index (χ4n) is 2.25. The molecule has 19 heavy (non-hydrogen) atoms. The Balaban J connectivity index is 2.04. The highest BCUT2D eigenvalue weighted by atomic mass is 32.2. The Labute approximate surface area is 112 Å². The molecule has 2 rings (SSSR count). The van der Waals surface area contributed by atoms with E-state index in [1.165, 1.54) is 12.3 Å². The summed E-state index contributed by atoms with van der Waals surface area (Å²) < 4.78 is 39.8. The lowest BCUT2D eigenvalue weighted by Gasteiger charge is -2.32. The number of pyridine rings is 1. The smallest absolute Gasteiger partial charge is 0.261 e. The van der Waals surface area contributed by atoms with Crippen molar-refractivity contribution in [3.8, 4) is 0 Å². The number of hydrogen-bond acceptors (Lipinski definition) is 4. The minimum absolute atomic E-state index is 0.162. The van der Waals surface area contributed by atoms with Crippen LogP contribution in [-0.4, -0.2) is 44.5 Å². The van der Waals surface area contributed by atoms with E-state index in [1.54, 1.807) is 0 Å². The van der Waals surface area contributed by atoms with Crippen molar-refractivity contribution < 1.29 is 12.8 Å². The molecule has 1 saturated heterocycles. The molecule has 7 heteroatoms. The van der Waals surface area contributed by atoms with E-state index >= 15 is 0 Å². The highest BCUT2D eigenvalue weighted by molar-refractivity contribution is 7.89. The summed E-state index contributed by atoms with van der Waals surface area (Å²) >= 11 is 0. The van der Waals surface area contributed by atoms with E-state index in [9.17, 15) is 12.8 Å². The van der Waals surface area contributed by atoms with Gasteiger partial charge in [0.15, 0.2) is 5.82 Å². The first kappa shape index (κ1) is 14.4. The van der Waals surface area contributed by atoms with Crippen LogP contribution in [0.4, 0.5) is 4.39 Å². The standard InChI is InChI=1S/C12H18FN3O2S/c1-16-8-3-2-5-10(16)9-15-19(17,18)12-11(13)6-4-7-14-12/h4,6-7,10,15H,2-3,5,8-9H2,1H3. The van der Waals surface area contributed by atoms with Crippen molar-refractivity contribution in [2.75, 3.05) is 20.1 Å². The quantitative estimate of drug-likeness (QED) is 0.897. The molecule has 0 saturated carbocycles. The largest absolute Gasteiger partial charge is 0.302 e. The number of aromatic nitrogens is 1. The summed E-state index contributed by atoms with van der Waals surface area (Å²) in [4.78, 5) is 5.72. The topological polar surface area (TPSA) is 62.3 Å². The van der Waals surface area contributed by atoms with Crippen LogP contribution >= 0.6 is 0 Å². The van der Waals surface area contributed by atoms with Crippen molar-refractivity contribution in [3.05, 3.63) is 24.1 Å². The molecular weight excluding hydrogens is 269 g/mol. The molecular formula is C12H18FN3O2S. The number of likely N-dealkylation sites (tertiary alicyclic amines) is 1. The van der Waals surface area contributed by atoms with Gasteiger partial charge in [-0.2, -0.15) is 0 Å². The van der Waals surface area contributed by atoms with Crippen molar-refractivity contribution in [3.63, 3.8) is 0 Å². The maximum Gasteiger partial charge on any atom is 0.261 e. The second kappa shape index (κ2) is 5.94. The van der Waals surface area contributed by atoms with Gasteiger partial charge in [0.25, 0.3) is 10.0 Å². The third-order valence-corrected chi connectivity index (χ3v) is 4.77. The number of sulfonamides is 1. The summed E-state index contributed by atoms with van der Waals surface area (Å²) in [7, 11) is -1.90. The summed E-state index contributed by atoms with van der Waals surface area (Å²) in [6.07, 6.45) is 4.44. The van der Waals surface area contributed by atoms with Crippen molar-refractivity contribution in [2.45, 2.75) is 30.3 Å². The van der Waals surface area contributed by atoms with E-state index < -0.39 is 20.9 Å². The van der Waals surface area contributed by atoms with Gasteiger partial charge >= 0.3 is 0 Å². The number of likely N-dealkylation sites (N-methyl/N-ethyl adjacent to an activating group) is 1. The molecule has 1 aromatic heterocycles. The molecule has 1 aliphatic heterocycles. The van der Waals surface area contributed by atoms with Gasteiger partial charge in [-0.3, -0.25) is 0 Å². The Morgan fingerprint density at radius 2 is 2.32 bits per heavy atom. The zero-order valence-corrected chi connectivity index (χ0v) is 11.7. The fourth-order valence-corrected chi connectivity index (χ4v) is 3.32. The molecule has 1 fully saturated rings. The Morgan fingerprint density at radius 3 is 3.00 bits per heavy atom. The summed E-state index contributed by atoms with van der Waals surface area (Å²) in [5, 5.41) is -0.534. The highest BCUT2D eigenvalue weighted by Gasteiger charge is 2.24. The Hall–Kier alpha value is -1.05. The molecule has 1 aliphatic rings. The fraction of sp³-hybridized carbons (Fsp3) is 0.583. The SMILES string of the molecule is CN1CCCCC1CNS(=O)(=O)c1ncccc1F. The second-order valence-corrected chi connectivity index (χ2v) is 6.45. The molecule has 0 radical (unpaired) electrons. The van der Waals surface area contributed by atoms with Crippen LogP contribution in [0.5, 0.6) is 0 Å². The zero-order chi connectivity index (χ0) is 13.9. The second-order valence-electron chi connectivity index (χ2n) is 4.77. The molecule has 1 aromatic rings. The maximum absolute atomic E-state index is 13.4. The van der Waals surface area contributed by atoms with E-state index in [-0.39, 0.29) is 12.6 Å². The third kappa shape index (κ3) is 3.49. The Morgan fingerprint density at radius 1 is 1.53 bits per heavy atom. The number of piperidine rings is 1. The highest BCUT2D eigenvalue weighted by Crippen LogP contribution is 2.15. The molecule has 2 heterocycles. The maximum atomic E-state index is 13.4. The van der Waals surface area contributed by atoms with Gasteiger partial charge in [-0.1, -0.05) is 6.42 Å². The molecule has 1 unspecified atom stereocenters. The molecule has 106 valence electrons. The number of hydrogen-bond donors (Lipinski definition) is 1. The molecule has 0 bridgehead atoms. The van der Waals surface area contributed by atoms with E-state index in [0.29, 0.717) is 0 Å². The van der Waals surface area contributed by atoms with Crippen LogP contribution in [-0.2, 0) is 10.0 Å². The predicted molar refractivity (Wildman–Crippen MR) is 69.7 cm³/mol. The van der Waals surface area contributed by atoms with Gasteiger partial charge in [0, 0.05) is 18.8 Å². The Bertz CT molecular complexity index is 536. The van der Waals surface area contributed by atoms with Crippen LogP contribution in [0.3, 0.4) is 0 Å². The van der Waals surface area contributed by atoms with Crippen LogP contribution in [0, 0.1) is 5.82 Å². The van der Waals surface area contributed by atoms with Crippen LogP contribution in [0.1, 0.15) is 19.3 Å². The zero-order valence-electron chi connectivity index (χ0n) is 10.8. The van der Waals surface area contributed by atoms with E-state index in [4.69, 9.17) is 0 Å². The lowest BCUT2D eigenvalue weighted by Crippen LogP contribution is -2.44. The molecule has 0 amide bonds. The summed E-state index contributed by atoms with van der Waals surface area (Å²) in [5.41, 5.74) is 0. The number of nitrogens with zero attached hydrogens (tertiary/aromatic N) is 2. The summed E-state index contributed by atoms with van der Waals surface area (Å²) in [6, 6.07) is 2.62. The van der Waals surface area contributed by atoms with E-state index in [2.05, 4.69) is 14.6 Å².